The molecule has 1 atom stereocenters. The van der Waals surface area contributed by atoms with Crippen molar-refractivity contribution in [2.75, 3.05) is 6.54 Å². The smallest absolute Gasteiger partial charge is 0.267 e. The monoisotopic (exact) mass is 332 g/mol. The Labute approximate surface area is 136 Å². The maximum Gasteiger partial charge on any atom is 0.267 e. The Morgan fingerprint density at radius 1 is 1.26 bits per heavy atom. The van der Waals surface area contributed by atoms with Crippen molar-refractivity contribution in [2.24, 2.45) is 0 Å². The molecule has 0 aliphatic heterocycles. The largest absolute Gasteiger partial charge is 0.387 e. The summed E-state index contributed by atoms with van der Waals surface area (Å²) in [7, 11) is 0. The first-order chi connectivity index (χ1) is 11.1. The van der Waals surface area contributed by atoms with Crippen molar-refractivity contribution in [3.8, 4) is 0 Å². The second-order valence-corrected chi connectivity index (χ2v) is 5.54. The number of aliphatic hydroxyl groups excluding tert-OH is 1. The molecule has 0 radical (unpaired) electrons. The van der Waals surface area contributed by atoms with E-state index in [2.05, 4.69) is 10.3 Å². The molecule has 0 saturated carbocycles. The fraction of sp³-hybridized carbons (Fsp3) is 0.118. The number of carbonyl (C=O) groups excluding carboxylic acids is 1. The SMILES string of the molecule is O=C(NCC(O)c1ccccc1Cl)c1cc2c(F)cccc2[nH]1. The molecule has 0 aliphatic rings. The number of aromatic amines is 1. The van der Waals surface area contributed by atoms with Crippen LogP contribution in [0.2, 0.25) is 5.02 Å². The zero-order chi connectivity index (χ0) is 16.4. The van der Waals surface area contributed by atoms with Crippen LogP contribution >= 0.6 is 11.6 Å². The van der Waals surface area contributed by atoms with Crippen LogP contribution in [0.25, 0.3) is 10.9 Å². The average molecular weight is 333 g/mol. The van der Waals surface area contributed by atoms with E-state index in [0.29, 0.717) is 21.5 Å². The number of aromatic nitrogens is 1. The van der Waals surface area contributed by atoms with Crippen LogP contribution in [0.15, 0.2) is 48.5 Å². The maximum atomic E-state index is 13.6. The van der Waals surface area contributed by atoms with Crippen LogP contribution in [0.5, 0.6) is 0 Å². The summed E-state index contributed by atoms with van der Waals surface area (Å²) in [6.07, 6.45) is -0.922. The molecular formula is C17H14ClFN2O2. The molecule has 0 aliphatic carbocycles. The number of H-pyrrole nitrogens is 1. The Bertz CT molecular complexity index is 863. The molecule has 23 heavy (non-hydrogen) atoms. The minimum Gasteiger partial charge on any atom is -0.387 e. The number of halogens is 2. The number of fused-ring (bicyclic) bond motifs is 1. The van der Waals surface area contributed by atoms with Crippen molar-refractivity contribution in [1.29, 1.82) is 0 Å². The number of carbonyl (C=O) groups is 1. The molecule has 3 N–H and O–H groups in total. The summed E-state index contributed by atoms with van der Waals surface area (Å²) < 4.78 is 13.6. The lowest BCUT2D eigenvalue weighted by Gasteiger charge is -2.13. The molecule has 118 valence electrons. The van der Waals surface area contributed by atoms with Gasteiger partial charge in [0, 0.05) is 28.0 Å². The van der Waals surface area contributed by atoms with Gasteiger partial charge < -0.3 is 15.4 Å². The van der Waals surface area contributed by atoms with Gasteiger partial charge in [-0.15, -0.1) is 0 Å². The number of hydrogen-bond acceptors (Lipinski definition) is 2. The molecule has 0 bridgehead atoms. The Morgan fingerprint density at radius 3 is 2.78 bits per heavy atom. The molecule has 1 aromatic heterocycles. The van der Waals surface area contributed by atoms with Crippen LogP contribution in [0.4, 0.5) is 4.39 Å². The molecule has 0 spiro atoms. The van der Waals surface area contributed by atoms with Crippen molar-refractivity contribution in [2.45, 2.75) is 6.10 Å². The highest BCUT2D eigenvalue weighted by Gasteiger charge is 2.15. The van der Waals surface area contributed by atoms with Crippen LogP contribution in [0.3, 0.4) is 0 Å². The van der Waals surface area contributed by atoms with Crippen molar-refractivity contribution >= 4 is 28.4 Å². The highest BCUT2D eigenvalue weighted by molar-refractivity contribution is 6.31. The molecule has 3 rings (SSSR count). The van der Waals surface area contributed by atoms with Crippen molar-refractivity contribution < 1.29 is 14.3 Å². The summed E-state index contributed by atoms with van der Waals surface area (Å²) in [6.45, 7) is 0.000411. The summed E-state index contributed by atoms with van der Waals surface area (Å²) in [5.41, 5.74) is 1.32. The molecular weight excluding hydrogens is 319 g/mol. The molecule has 3 aromatic rings. The van der Waals surface area contributed by atoms with E-state index in [0.717, 1.165) is 0 Å². The first-order valence-corrected chi connectivity index (χ1v) is 7.42. The lowest BCUT2D eigenvalue weighted by molar-refractivity contribution is 0.0912. The number of rotatable bonds is 4. The number of benzene rings is 2. The van der Waals surface area contributed by atoms with E-state index in [-0.39, 0.29) is 12.2 Å². The van der Waals surface area contributed by atoms with Crippen LogP contribution in [-0.2, 0) is 0 Å². The summed E-state index contributed by atoms with van der Waals surface area (Å²) >= 11 is 6.00. The number of amides is 1. The van der Waals surface area contributed by atoms with Crippen LogP contribution in [-0.4, -0.2) is 22.5 Å². The molecule has 4 nitrogen and oxygen atoms in total. The molecule has 1 amide bonds. The van der Waals surface area contributed by atoms with Gasteiger partial charge >= 0.3 is 0 Å². The van der Waals surface area contributed by atoms with Gasteiger partial charge in [0.05, 0.1) is 6.10 Å². The van der Waals surface area contributed by atoms with Gasteiger partial charge in [0.15, 0.2) is 0 Å². The molecule has 0 saturated heterocycles. The average Bonchev–Trinajstić information content (AvgIpc) is 2.98. The standard InChI is InChI=1S/C17H14ClFN2O2/c18-12-5-2-1-4-10(12)16(22)9-20-17(23)15-8-11-13(19)6-3-7-14(11)21-15/h1-8,16,21-22H,9H2,(H,20,23). The number of nitrogens with one attached hydrogen (secondary N) is 2. The fourth-order valence-electron chi connectivity index (χ4n) is 2.38. The minimum atomic E-state index is -0.922. The third kappa shape index (κ3) is 3.21. The van der Waals surface area contributed by atoms with E-state index in [9.17, 15) is 14.3 Å². The zero-order valence-electron chi connectivity index (χ0n) is 12.0. The van der Waals surface area contributed by atoms with E-state index in [1.807, 2.05) is 0 Å². The van der Waals surface area contributed by atoms with Gasteiger partial charge in [0.2, 0.25) is 0 Å². The van der Waals surface area contributed by atoms with Crippen LogP contribution in [0.1, 0.15) is 22.2 Å². The predicted octanol–water partition coefficient (Wildman–Crippen LogP) is 3.42. The second kappa shape index (κ2) is 6.40. The van der Waals surface area contributed by atoms with Gasteiger partial charge in [-0.1, -0.05) is 35.9 Å². The Kier molecular flexibility index (Phi) is 4.32. The van der Waals surface area contributed by atoms with Crippen LogP contribution < -0.4 is 5.32 Å². The maximum absolute atomic E-state index is 13.6. The quantitative estimate of drug-likeness (QED) is 0.685. The van der Waals surface area contributed by atoms with Gasteiger partial charge in [0.1, 0.15) is 11.5 Å². The zero-order valence-corrected chi connectivity index (χ0v) is 12.8. The minimum absolute atomic E-state index is 0.000411. The van der Waals surface area contributed by atoms with E-state index in [1.54, 1.807) is 36.4 Å². The molecule has 6 heteroatoms. The Morgan fingerprint density at radius 2 is 2.04 bits per heavy atom. The third-order valence-corrected chi connectivity index (χ3v) is 3.92. The molecule has 1 heterocycles. The van der Waals surface area contributed by atoms with Gasteiger partial charge in [-0.3, -0.25) is 4.79 Å². The summed E-state index contributed by atoms with van der Waals surface area (Å²) in [6, 6.07) is 12.9. The molecule has 1 unspecified atom stereocenters. The summed E-state index contributed by atoms with van der Waals surface area (Å²) in [4.78, 5) is 15.0. The van der Waals surface area contributed by atoms with Gasteiger partial charge in [-0.25, -0.2) is 4.39 Å². The number of hydrogen-bond donors (Lipinski definition) is 3. The van der Waals surface area contributed by atoms with E-state index in [4.69, 9.17) is 11.6 Å². The lowest BCUT2D eigenvalue weighted by atomic mass is 10.1. The second-order valence-electron chi connectivity index (χ2n) is 5.13. The van der Waals surface area contributed by atoms with Crippen LogP contribution in [0, 0.1) is 5.82 Å². The summed E-state index contributed by atoms with van der Waals surface area (Å²) in [5.74, 6) is -0.819. The predicted molar refractivity (Wildman–Crippen MR) is 87.0 cm³/mol. The van der Waals surface area contributed by atoms with Gasteiger partial charge in [0.25, 0.3) is 5.91 Å². The fourth-order valence-corrected chi connectivity index (χ4v) is 2.64. The third-order valence-electron chi connectivity index (χ3n) is 3.58. The van der Waals surface area contributed by atoms with E-state index in [1.165, 1.54) is 12.1 Å². The molecule has 0 fully saturated rings. The normalized spacial score (nSPS) is 12.3. The van der Waals surface area contributed by atoms with Crippen molar-refractivity contribution in [1.82, 2.24) is 10.3 Å². The highest BCUT2D eigenvalue weighted by Crippen LogP contribution is 2.22. The first-order valence-electron chi connectivity index (χ1n) is 7.04. The van der Waals surface area contributed by atoms with Crippen molar-refractivity contribution in [3.63, 3.8) is 0 Å². The Balaban J connectivity index is 1.71. The Hall–Kier alpha value is -2.37. The molecule has 2 aromatic carbocycles. The number of aliphatic hydroxyl groups is 1. The van der Waals surface area contributed by atoms with Crippen molar-refractivity contribution in [3.05, 3.63) is 70.6 Å². The topological polar surface area (TPSA) is 65.1 Å². The van der Waals surface area contributed by atoms with Gasteiger partial charge in [-0.05, 0) is 24.3 Å². The highest BCUT2D eigenvalue weighted by atomic mass is 35.5. The van der Waals surface area contributed by atoms with Gasteiger partial charge in [-0.2, -0.15) is 0 Å². The van der Waals surface area contributed by atoms with E-state index < -0.39 is 17.8 Å². The lowest BCUT2D eigenvalue weighted by Crippen LogP contribution is -2.28. The van der Waals surface area contributed by atoms with E-state index >= 15 is 0 Å². The summed E-state index contributed by atoms with van der Waals surface area (Å²) in [5, 5.41) is 13.5. The first kappa shape index (κ1) is 15.5.